The summed E-state index contributed by atoms with van der Waals surface area (Å²) in [7, 11) is 0. The molecule has 0 bridgehead atoms. The zero-order valence-electron chi connectivity index (χ0n) is 6.66. The van der Waals surface area contributed by atoms with E-state index in [0.717, 1.165) is 0 Å². The molecule has 0 spiro atoms. The fourth-order valence-electron chi connectivity index (χ4n) is 1.11. The highest BCUT2D eigenvalue weighted by Crippen LogP contribution is 2.21. The summed E-state index contributed by atoms with van der Waals surface area (Å²) in [5.74, 6) is -0.192. The standard InChI is InChI=1S/C8H7FN4/c9-5-2-7-4(1-6(5)10)8(11)13-3-12-7/h1-3H,10H2,(H2,11,12,13). The van der Waals surface area contributed by atoms with Gasteiger partial charge in [0.25, 0.3) is 0 Å². The number of anilines is 2. The first kappa shape index (κ1) is 7.72. The van der Waals surface area contributed by atoms with E-state index in [1.807, 2.05) is 0 Å². The van der Waals surface area contributed by atoms with E-state index < -0.39 is 5.82 Å². The average Bonchev–Trinajstić information content (AvgIpc) is 2.09. The predicted octanol–water partition coefficient (Wildman–Crippen LogP) is 0.933. The van der Waals surface area contributed by atoms with Crippen molar-refractivity contribution in [1.29, 1.82) is 0 Å². The van der Waals surface area contributed by atoms with Crippen molar-refractivity contribution < 1.29 is 4.39 Å². The number of aromatic nitrogens is 2. The van der Waals surface area contributed by atoms with Crippen LogP contribution in [-0.2, 0) is 0 Å². The molecule has 0 aliphatic rings. The largest absolute Gasteiger partial charge is 0.396 e. The normalized spacial score (nSPS) is 10.5. The molecule has 4 N–H and O–H groups in total. The number of halogens is 1. The minimum atomic E-state index is -0.495. The molecule has 2 rings (SSSR count). The maximum atomic E-state index is 13.0. The van der Waals surface area contributed by atoms with Gasteiger partial charge in [-0.15, -0.1) is 0 Å². The molecule has 0 aliphatic carbocycles. The van der Waals surface area contributed by atoms with Crippen LogP contribution in [-0.4, -0.2) is 9.97 Å². The molecule has 1 heterocycles. The third-order valence-electron chi connectivity index (χ3n) is 1.78. The van der Waals surface area contributed by atoms with Crippen LogP contribution < -0.4 is 11.5 Å². The molecule has 0 fully saturated rings. The van der Waals surface area contributed by atoms with Gasteiger partial charge < -0.3 is 11.5 Å². The number of nitrogen functional groups attached to an aromatic ring is 2. The van der Waals surface area contributed by atoms with Crippen molar-refractivity contribution in [3.63, 3.8) is 0 Å². The van der Waals surface area contributed by atoms with Crippen LogP contribution in [0.5, 0.6) is 0 Å². The van der Waals surface area contributed by atoms with Gasteiger partial charge in [-0.25, -0.2) is 14.4 Å². The summed E-state index contributed by atoms with van der Waals surface area (Å²) in [4.78, 5) is 7.62. The third kappa shape index (κ3) is 1.14. The smallest absolute Gasteiger partial charge is 0.148 e. The molecule has 66 valence electrons. The minimum absolute atomic E-state index is 0.0500. The van der Waals surface area contributed by atoms with Crippen molar-refractivity contribution in [2.75, 3.05) is 11.5 Å². The highest BCUT2D eigenvalue weighted by atomic mass is 19.1. The molecule has 1 aromatic carbocycles. The second-order valence-electron chi connectivity index (χ2n) is 2.65. The van der Waals surface area contributed by atoms with Gasteiger partial charge in [-0.05, 0) is 6.07 Å². The molecule has 0 atom stereocenters. The molecule has 4 nitrogen and oxygen atoms in total. The van der Waals surface area contributed by atoms with Crippen molar-refractivity contribution >= 4 is 22.4 Å². The van der Waals surface area contributed by atoms with E-state index in [9.17, 15) is 4.39 Å². The SMILES string of the molecule is Nc1cc2c(N)ncnc2cc1F. The number of nitrogens with two attached hydrogens (primary N) is 2. The number of rotatable bonds is 0. The number of nitrogens with zero attached hydrogens (tertiary/aromatic N) is 2. The highest BCUT2D eigenvalue weighted by molar-refractivity contribution is 5.90. The van der Waals surface area contributed by atoms with Gasteiger partial charge in [0, 0.05) is 11.5 Å². The van der Waals surface area contributed by atoms with E-state index in [1.54, 1.807) is 0 Å². The summed E-state index contributed by atoms with van der Waals surface area (Å²) in [5.41, 5.74) is 11.4. The fourth-order valence-corrected chi connectivity index (χ4v) is 1.11. The van der Waals surface area contributed by atoms with Crippen molar-refractivity contribution in [3.05, 3.63) is 24.3 Å². The molecular formula is C8H7FN4. The van der Waals surface area contributed by atoms with Crippen molar-refractivity contribution in [2.24, 2.45) is 0 Å². The molecule has 1 aromatic heterocycles. The molecule has 0 amide bonds. The van der Waals surface area contributed by atoms with Gasteiger partial charge in [-0.2, -0.15) is 0 Å². The predicted molar refractivity (Wildman–Crippen MR) is 48.3 cm³/mol. The van der Waals surface area contributed by atoms with Crippen LogP contribution in [0, 0.1) is 5.82 Å². The summed E-state index contributed by atoms with van der Waals surface area (Å²) in [5, 5.41) is 0.571. The topological polar surface area (TPSA) is 77.8 Å². The first-order valence-corrected chi connectivity index (χ1v) is 3.63. The van der Waals surface area contributed by atoms with Gasteiger partial charge in [-0.1, -0.05) is 0 Å². The van der Waals surface area contributed by atoms with Gasteiger partial charge >= 0.3 is 0 Å². The van der Waals surface area contributed by atoms with Gasteiger partial charge in [-0.3, -0.25) is 0 Å². The molecule has 0 saturated carbocycles. The lowest BCUT2D eigenvalue weighted by Crippen LogP contribution is -1.96. The third-order valence-corrected chi connectivity index (χ3v) is 1.78. The molecule has 0 radical (unpaired) electrons. The summed E-state index contributed by atoms with van der Waals surface area (Å²) in [6, 6.07) is 2.67. The second-order valence-corrected chi connectivity index (χ2v) is 2.65. The monoisotopic (exact) mass is 178 g/mol. The lowest BCUT2D eigenvalue weighted by Gasteiger charge is -2.01. The van der Waals surface area contributed by atoms with Crippen LogP contribution in [0.15, 0.2) is 18.5 Å². The Balaban J connectivity index is 2.89. The van der Waals surface area contributed by atoms with Crippen molar-refractivity contribution in [3.8, 4) is 0 Å². The molecule has 0 unspecified atom stereocenters. The first-order chi connectivity index (χ1) is 6.18. The number of hydrogen-bond donors (Lipinski definition) is 2. The van der Waals surface area contributed by atoms with Crippen LogP contribution in [0.25, 0.3) is 10.9 Å². The Labute approximate surface area is 73.4 Å². The Kier molecular flexibility index (Phi) is 1.51. The maximum Gasteiger partial charge on any atom is 0.148 e. The fraction of sp³-hybridized carbons (Fsp3) is 0. The Hall–Kier alpha value is -1.91. The summed E-state index contributed by atoms with van der Waals surface area (Å²) >= 11 is 0. The van der Waals surface area contributed by atoms with Crippen LogP contribution >= 0.6 is 0 Å². The van der Waals surface area contributed by atoms with E-state index >= 15 is 0 Å². The lowest BCUT2D eigenvalue weighted by atomic mass is 10.2. The first-order valence-electron chi connectivity index (χ1n) is 3.63. The van der Waals surface area contributed by atoms with Crippen molar-refractivity contribution in [2.45, 2.75) is 0 Å². The zero-order chi connectivity index (χ0) is 9.42. The van der Waals surface area contributed by atoms with Crippen molar-refractivity contribution in [1.82, 2.24) is 9.97 Å². The number of hydrogen-bond acceptors (Lipinski definition) is 4. The second kappa shape index (κ2) is 2.55. The zero-order valence-corrected chi connectivity index (χ0v) is 6.66. The summed E-state index contributed by atoms with van der Waals surface area (Å²) in [6.07, 6.45) is 1.29. The van der Waals surface area contributed by atoms with E-state index in [2.05, 4.69) is 9.97 Å². The number of benzene rings is 1. The van der Waals surface area contributed by atoms with Gasteiger partial charge in [0.05, 0.1) is 11.2 Å². The molecule has 13 heavy (non-hydrogen) atoms. The van der Waals surface area contributed by atoms with Gasteiger partial charge in [0.1, 0.15) is 18.0 Å². The average molecular weight is 178 g/mol. The quantitative estimate of drug-likeness (QED) is 0.588. The number of fused-ring (bicyclic) bond motifs is 1. The Morgan fingerprint density at radius 1 is 1.15 bits per heavy atom. The van der Waals surface area contributed by atoms with Crippen LogP contribution in [0.2, 0.25) is 0 Å². The molecule has 0 saturated heterocycles. The minimum Gasteiger partial charge on any atom is -0.396 e. The summed E-state index contributed by atoms with van der Waals surface area (Å²) < 4.78 is 13.0. The van der Waals surface area contributed by atoms with E-state index in [0.29, 0.717) is 16.7 Å². The maximum absolute atomic E-state index is 13.0. The van der Waals surface area contributed by atoms with E-state index in [-0.39, 0.29) is 5.69 Å². The van der Waals surface area contributed by atoms with E-state index in [1.165, 1.54) is 18.5 Å². The lowest BCUT2D eigenvalue weighted by molar-refractivity contribution is 0.634. The molecular weight excluding hydrogens is 171 g/mol. The Morgan fingerprint density at radius 2 is 1.92 bits per heavy atom. The Bertz CT molecular complexity index is 469. The Morgan fingerprint density at radius 3 is 2.69 bits per heavy atom. The van der Waals surface area contributed by atoms with Crippen LogP contribution in [0.3, 0.4) is 0 Å². The van der Waals surface area contributed by atoms with Crippen LogP contribution in [0.4, 0.5) is 15.9 Å². The van der Waals surface area contributed by atoms with Gasteiger partial charge in [0.2, 0.25) is 0 Å². The van der Waals surface area contributed by atoms with Crippen LogP contribution in [0.1, 0.15) is 0 Å². The summed E-state index contributed by atoms with van der Waals surface area (Å²) in [6.45, 7) is 0. The molecule has 5 heteroatoms. The van der Waals surface area contributed by atoms with E-state index in [4.69, 9.17) is 11.5 Å². The molecule has 2 aromatic rings. The molecule has 0 aliphatic heterocycles. The van der Waals surface area contributed by atoms with Gasteiger partial charge in [0.15, 0.2) is 0 Å². The highest BCUT2D eigenvalue weighted by Gasteiger charge is 2.04.